The van der Waals surface area contributed by atoms with E-state index in [9.17, 15) is 14.7 Å². The molecule has 0 aromatic carbocycles. The fourth-order valence-electron chi connectivity index (χ4n) is 9.55. The molecule has 0 fully saturated rings. The molecule has 1 atom stereocenters. The van der Waals surface area contributed by atoms with E-state index in [1.165, 1.54) is 283 Å². The molecule has 0 aliphatic rings. The zero-order valence-corrected chi connectivity index (χ0v) is 46.2. The maximum Gasteiger partial charge on any atom is 0.306 e. The van der Waals surface area contributed by atoms with E-state index in [0.29, 0.717) is 12.8 Å². The molecule has 0 heterocycles. The molecule has 0 spiro atoms. The maximum atomic E-state index is 12.3. The highest BCUT2D eigenvalue weighted by Gasteiger charge is 2.16. The molecule has 0 saturated carbocycles. The highest BCUT2D eigenvalue weighted by molar-refractivity contribution is 5.70. The van der Waals surface area contributed by atoms with Gasteiger partial charge < -0.3 is 14.6 Å². The summed E-state index contributed by atoms with van der Waals surface area (Å²) in [6, 6.07) is 0. The number of esters is 2. The van der Waals surface area contributed by atoms with E-state index in [-0.39, 0.29) is 25.2 Å². The second kappa shape index (κ2) is 59.7. The molecule has 1 unspecified atom stereocenters. The lowest BCUT2D eigenvalue weighted by Crippen LogP contribution is -2.28. The summed E-state index contributed by atoms with van der Waals surface area (Å²) in [4.78, 5) is 24.5. The number of rotatable bonds is 58. The first-order chi connectivity index (χ1) is 33.6. The minimum atomic E-state index is -0.770. The van der Waals surface area contributed by atoms with Crippen molar-refractivity contribution in [3.05, 3.63) is 24.3 Å². The van der Waals surface area contributed by atoms with Crippen LogP contribution in [0.5, 0.6) is 0 Å². The molecule has 402 valence electrons. The first kappa shape index (κ1) is 66.4. The monoisotopic (exact) mass is 957 g/mol. The number of unbranched alkanes of at least 4 members (excludes halogenated alkanes) is 46. The molecular formula is C63H120O5. The Hall–Kier alpha value is -1.62. The summed E-state index contributed by atoms with van der Waals surface area (Å²) < 4.78 is 10.7. The van der Waals surface area contributed by atoms with Crippen LogP contribution >= 0.6 is 0 Å². The molecule has 0 aliphatic heterocycles. The van der Waals surface area contributed by atoms with Crippen LogP contribution in [0, 0.1) is 0 Å². The van der Waals surface area contributed by atoms with Gasteiger partial charge in [-0.05, 0) is 64.2 Å². The van der Waals surface area contributed by atoms with Crippen LogP contribution in [-0.4, -0.2) is 36.4 Å². The van der Waals surface area contributed by atoms with Gasteiger partial charge in [0.2, 0.25) is 0 Å². The van der Waals surface area contributed by atoms with Gasteiger partial charge in [-0.1, -0.05) is 295 Å². The SMILES string of the molecule is CCCCCCCC/C=C\CCCCCCCCCC(=O)OCC(CO)OC(=O)CCCCCCCCCCCCCCCCCCCCCCCCCCC/C=C\CCCCCCCCCC. The van der Waals surface area contributed by atoms with Crippen LogP contribution in [0.3, 0.4) is 0 Å². The molecule has 0 bridgehead atoms. The van der Waals surface area contributed by atoms with Crippen molar-refractivity contribution in [1.82, 2.24) is 0 Å². The van der Waals surface area contributed by atoms with Crippen molar-refractivity contribution in [2.45, 2.75) is 354 Å². The van der Waals surface area contributed by atoms with Crippen LogP contribution < -0.4 is 0 Å². The molecule has 0 aliphatic carbocycles. The first-order valence-electron chi connectivity index (χ1n) is 30.9. The lowest BCUT2D eigenvalue weighted by atomic mass is 10.0. The third-order valence-corrected chi connectivity index (χ3v) is 14.2. The second-order valence-electron chi connectivity index (χ2n) is 21.1. The largest absolute Gasteiger partial charge is 0.462 e. The lowest BCUT2D eigenvalue weighted by molar-refractivity contribution is -0.161. The van der Waals surface area contributed by atoms with Crippen molar-refractivity contribution in [2.24, 2.45) is 0 Å². The van der Waals surface area contributed by atoms with E-state index < -0.39 is 6.10 Å². The summed E-state index contributed by atoms with van der Waals surface area (Å²) in [6.45, 7) is 4.18. The smallest absolute Gasteiger partial charge is 0.306 e. The summed E-state index contributed by atoms with van der Waals surface area (Å²) in [5, 5.41) is 9.65. The highest BCUT2D eigenvalue weighted by atomic mass is 16.6. The molecule has 0 rings (SSSR count). The van der Waals surface area contributed by atoms with Gasteiger partial charge in [0, 0.05) is 12.8 Å². The first-order valence-corrected chi connectivity index (χ1v) is 30.9. The van der Waals surface area contributed by atoms with Gasteiger partial charge in [-0.15, -0.1) is 0 Å². The summed E-state index contributed by atoms with van der Waals surface area (Å²) in [5.41, 5.74) is 0. The molecule has 5 nitrogen and oxygen atoms in total. The molecule has 1 N–H and O–H groups in total. The number of aliphatic hydroxyl groups excluding tert-OH is 1. The predicted molar refractivity (Wildman–Crippen MR) is 298 cm³/mol. The molecule has 0 aromatic rings. The topological polar surface area (TPSA) is 72.8 Å². The predicted octanol–water partition coefficient (Wildman–Crippen LogP) is 20.9. The number of ether oxygens (including phenoxy) is 2. The van der Waals surface area contributed by atoms with E-state index in [4.69, 9.17) is 9.47 Å². The van der Waals surface area contributed by atoms with Crippen molar-refractivity contribution >= 4 is 11.9 Å². The van der Waals surface area contributed by atoms with Crippen LogP contribution in [0.25, 0.3) is 0 Å². The Morgan fingerprint density at radius 2 is 0.544 bits per heavy atom. The zero-order chi connectivity index (χ0) is 49.2. The van der Waals surface area contributed by atoms with Gasteiger partial charge in [0.05, 0.1) is 6.61 Å². The van der Waals surface area contributed by atoms with Crippen molar-refractivity contribution in [3.8, 4) is 0 Å². The van der Waals surface area contributed by atoms with E-state index in [2.05, 4.69) is 38.2 Å². The second-order valence-corrected chi connectivity index (χ2v) is 21.1. The Labute approximate surface area is 425 Å². The van der Waals surface area contributed by atoms with Gasteiger partial charge in [0.25, 0.3) is 0 Å². The highest BCUT2D eigenvalue weighted by Crippen LogP contribution is 2.18. The van der Waals surface area contributed by atoms with Gasteiger partial charge in [0.15, 0.2) is 6.10 Å². The standard InChI is InChI=1S/C63H120O5/c1-3-5-7-9-11-13-15-17-19-21-22-23-24-25-26-27-28-29-30-31-32-33-34-35-36-37-38-39-40-42-44-46-48-50-52-54-56-58-63(66)68-61(59-64)60-67-62(65)57-55-53-51-49-47-45-43-41-20-18-16-14-12-10-8-6-4-2/h18,20-22,61,64H,3-17,19,23-60H2,1-2H3/b20-18-,22-21-. The summed E-state index contributed by atoms with van der Waals surface area (Å²) >= 11 is 0. The van der Waals surface area contributed by atoms with Crippen molar-refractivity contribution in [2.75, 3.05) is 13.2 Å². The molecule has 0 amide bonds. The molecule has 0 radical (unpaired) electrons. The molecule has 0 aromatic heterocycles. The third-order valence-electron chi connectivity index (χ3n) is 14.2. The molecular weight excluding hydrogens is 837 g/mol. The normalized spacial score (nSPS) is 12.2. The average Bonchev–Trinajstić information content (AvgIpc) is 3.34. The summed E-state index contributed by atoms with van der Waals surface area (Å²) in [6.07, 6.45) is 76.2. The number of carbonyl (C=O) groups is 2. The van der Waals surface area contributed by atoms with Crippen molar-refractivity contribution in [3.63, 3.8) is 0 Å². The zero-order valence-electron chi connectivity index (χ0n) is 46.2. The van der Waals surface area contributed by atoms with Gasteiger partial charge in [-0.2, -0.15) is 0 Å². The Kier molecular flexibility index (Phi) is 58.3. The Balaban J connectivity index is 3.37. The lowest BCUT2D eigenvalue weighted by Gasteiger charge is -2.15. The van der Waals surface area contributed by atoms with Crippen LogP contribution in [0.2, 0.25) is 0 Å². The number of hydrogen-bond acceptors (Lipinski definition) is 5. The van der Waals surface area contributed by atoms with Crippen LogP contribution in [-0.2, 0) is 19.1 Å². The van der Waals surface area contributed by atoms with Gasteiger partial charge in [-0.25, -0.2) is 0 Å². The van der Waals surface area contributed by atoms with E-state index in [1.807, 2.05) is 0 Å². The quantitative estimate of drug-likeness (QED) is 0.0374. The number of aliphatic hydroxyl groups is 1. The van der Waals surface area contributed by atoms with Gasteiger partial charge >= 0.3 is 11.9 Å². The number of hydrogen-bond donors (Lipinski definition) is 1. The van der Waals surface area contributed by atoms with Crippen LogP contribution in [0.1, 0.15) is 348 Å². The van der Waals surface area contributed by atoms with Crippen LogP contribution in [0.15, 0.2) is 24.3 Å². The fourth-order valence-corrected chi connectivity index (χ4v) is 9.55. The van der Waals surface area contributed by atoms with Crippen molar-refractivity contribution in [1.29, 1.82) is 0 Å². The van der Waals surface area contributed by atoms with E-state index >= 15 is 0 Å². The number of carbonyl (C=O) groups excluding carboxylic acids is 2. The van der Waals surface area contributed by atoms with E-state index in [0.717, 1.165) is 38.5 Å². The fraction of sp³-hybridized carbons (Fsp3) is 0.905. The van der Waals surface area contributed by atoms with E-state index in [1.54, 1.807) is 0 Å². The van der Waals surface area contributed by atoms with Gasteiger partial charge in [-0.3, -0.25) is 9.59 Å². The molecule has 68 heavy (non-hydrogen) atoms. The summed E-state index contributed by atoms with van der Waals surface area (Å²) in [7, 11) is 0. The Bertz CT molecular complexity index is 1040. The number of allylic oxidation sites excluding steroid dienone is 4. The Morgan fingerprint density at radius 3 is 0.794 bits per heavy atom. The van der Waals surface area contributed by atoms with Crippen LogP contribution in [0.4, 0.5) is 0 Å². The summed E-state index contributed by atoms with van der Waals surface area (Å²) in [5.74, 6) is -0.576. The average molecular weight is 958 g/mol. The molecule has 0 saturated heterocycles. The Morgan fingerprint density at radius 1 is 0.324 bits per heavy atom. The third kappa shape index (κ3) is 57.0. The van der Waals surface area contributed by atoms with Crippen molar-refractivity contribution < 1.29 is 24.2 Å². The maximum absolute atomic E-state index is 12.3. The van der Waals surface area contributed by atoms with Gasteiger partial charge in [0.1, 0.15) is 6.61 Å². The molecule has 5 heteroatoms. The minimum Gasteiger partial charge on any atom is -0.462 e. The minimum absolute atomic E-state index is 0.0623.